The first kappa shape index (κ1) is 13.4. The van der Waals surface area contributed by atoms with Gasteiger partial charge in [-0.25, -0.2) is 0 Å². The second-order valence-electron chi connectivity index (χ2n) is 5.35. The van der Waals surface area contributed by atoms with Gasteiger partial charge in [0.1, 0.15) is 0 Å². The number of rotatable bonds is 2. The average Bonchev–Trinajstić information content (AvgIpc) is 2.48. The predicted octanol–water partition coefficient (Wildman–Crippen LogP) is 1.18. The minimum absolute atomic E-state index is 0.0531. The molecule has 2 aliphatic rings. The van der Waals surface area contributed by atoms with Gasteiger partial charge in [-0.05, 0) is 42.5 Å². The number of anilines is 1. The van der Waals surface area contributed by atoms with Crippen molar-refractivity contribution in [2.24, 2.45) is 0 Å². The number of aryl methyl sites for hydroxylation is 1. The third-order valence-electron chi connectivity index (χ3n) is 3.91. The zero-order valence-corrected chi connectivity index (χ0v) is 11.4. The summed E-state index contributed by atoms with van der Waals surface area (Å²) in [6.45, 7) is 1.39. The fourth-order valence-corrected chi connectivity index (χ4v) is 2.89. The molecule has 20 heavy (non-hydrogen) atoms. The molecule has 1 aliphatic heterocycles. The Morgan fingerprint density at radius 2 is 2.25 bits per heavy atom. The largest absolute Gasteiger partial charge is 0.399 e. The average molecular weight is 276 g/mol. The molecular weight excluding hydrogens is 256 g/mol. The molecule has 2 atom stereocenters. The number of hydrogen-bond acceptors (Lipinski definition) is 4. The Labute approximate surface area is 118 Å². The number of hydrogen-bond donors (Lipinski definition) is 2. The zero-order valence-electron chi connectivity index (χ0n) is 11.4. The lowest BCUT2D eigenvalue weighted by Gasteiger charge is -2.29. The van der Waals surface area contributed by atoms with Crippen molar-refractivity contribution in [1.82, 2.24) is 5.32 Å². The number of amides is 1. The number of nitrogens with two attached hydrogens (primary N) is 1. The summed E-state index contributed by atoms with van der Waals surface area (Å²) < 4.78 is 10.7. The van der Waals surface area contributed by atoms with Crippen LogP contribution >= 0.6 is 0 Å². The highest BCUT2D eigenvalue weighted by atomic mass is 16.6. The minimum atomic E-state index is -0.483. The molecule has 1 fully saturated rings. The van der Waals surface area contributed by atoms with Crippen LogP contribution in [0.2, 0.25) is 0 Å². The van der Waals surface area contributed by atoms with Crippen molar-refractivity contribution in [3.05, 3.63) is 29.3 Å². The van der Waals surface area contributed by atoms with Crippen molar-refractivity contribution in [1.29, 1.82) is 0 Å². The summed E-state index contributed by atoms with van der Waals surface area (Å²) in [7, 11) is 0. The maximum absolute atomic E-state index is 12.2. The van der Waals surface area contributed by atoms with Crippen LogP contribution in [0.4, 0.5) is 5.69 Å². The summed E-state index contributed by atoms with van der Waals surface area (Å²) in [6.07, 6.45) is 2.55. The van der Waals surface area contributed by atoms with Crippen molar-refractivity contribution in [3.63, 3.8) is 0 Å². The fourth-order valence-electron chi connectivity index (χ4n) is 2.89. The van der Waals surface area contributed by atoms with Crippen molar-refractivity contribution in [2.75, 3.05) is 25.6 Å². The Balaban J connectivity index is 1.71. The Bertz CT molecular complexity index is 498. The van der Waals surface area contributed by atoms with E-state index in [0.717, 1.165) is 24.9 Å². The summed E-state index contributed by atoms with van der Waals surface area (Å²) in [5, 5.41) is 3.08. The molecule has 0 bridgehead atoms. The SMILES string of the molecule is Nc1ccc2c(c1)CCCC2NC(=O)C1COCCO1. The van der Waals surface area contributed by atoms with Gasteiger partial charge in [0.05, 0.1) is 25.9 Å². The van der Waals surface area contributed by atoms with Crippen LogP contribution < -0.4 is 11.1 Å². The highest BCUT2D eigenvalue weighted by Gasteiger charge is 2.27. The number of ether oxygens (including phenoxy) is 2. The van der Waals surface area contributed by atoms with Gasteiger partial charge in [0, 0.05) is 5.69 Å². The van der Waals surface area contributed by atoms with Gasteiger partial charge in [0.15, 0.2) is 6.10 Å². The molecule has 0 aromatic heterocycles. The Morgan fingerprint density at radius 1 is 1.35 bits per heavy atom. The number of nitrogens with one attached hydrogen (secondary N) is 1. The van der Waals surface area contributed by atoms with E-state index in [2.05, 4.69) is 5.32 Å². The third-order valence-corrected chi connectivity index (χ3v) is 3.91. The molecule has 1 aliphatic carbocycles. The molecule has 3 rings (SSSR count). The lowest BCUT2D eigenvalue weighted by molar-refractivity contribution is -0.148. The molecule has 1 heterocycles. The normalized spacial score (nSPS) is 25.8. The van der Waals surface area contributed by atoms with Gasteiger partial charge >= 0.3 is 0 Å². The maximum Gasteiger partial charge on any atom is 0.252 e. The highest BCUT2D eigenvalue weighted by molar-refractivity contribution is 5.81. The quantitative estimate of drug-likeness (QED) is 0.795. The number of benzene rings is 1. The molecule has 1 amide bonds. The number of carbonyl (C=O) groups is 1. The van der Waals surface area contributed by atoms with Crippen LogP contribution in [0.1, 0.15) is 30.0 Å². The van der Waals surface area contributed by atoms with E-state index in [0.29, 0.717) is 19.8 Å². The van der Waals surface area contributed by atoms with Crippen LogP contribution in [-0.4, -0.2) is 31.8 Å². The molecule has 5 nitrogen and oxygen atoms in total. The summed E-state index contributed by atoms with van der Waals surface area (Å²) in [4.78, 5) is 12.2. The molecule has 1 aromatic rings. The second-order valence-corrected chi connectivity index (χ2v) is 5.35. The second kappa shape index (κ2) is 5.81. The summed E-state index contributed by atoms with van der Waals surface area (Å²) in [5.74, 6) is -0.0839. The molecule has 0 spiro atoms. The Hall–Kier alpha value is -1.59. The number of fused-ring (bicyclic) bond motifs is 1. The molecular formula is C15H20N2O3. The molecule has 108 valence electrons. The minimum Gasteiger partial charge on any atom is -0.399 e. The van der Waals surface area contributed by atoms with Crippen LogP contribution in [-0.2, 0) is 20.7 Å². The first-order valence-corrected chi connectivity index (χ1v) is 7.12. The van der Waals surface area contributed by atoms with Gasteiger partial charge in [-0.1, -0.05) is 6.07 Å². The van der Waals surface area contributed by atoms with Crippen molar-refractivity contribution < 1.29 is 14.3 Å². The van der Waals surface area contributed by atoms with E-state index >= 15 is 0 Å². The fraction of sp³-hybridized carbons (Fsp3) is 0.533. The smallest absolute Gasteiger partial charge is 0.252 e. The first-order chi connectivity index (χ1) is 9.74. The van der Waals surface area contributed by atoms with Crippen molar-refractivity contribution >= 4 is 11.6 Å². The van der Waals surface area contributed by atoms with Gasteiger partial charge in [0.2, 0.25) is 0 Å². The highest BCUT2D eigenvalue weighted by Crippen LogP contribution is 2.31. The molecule has 0 radical (unpaired) electrons. The van der Waals surface area contributed by atoms with Gasteiger partial charge in [-0.15, -0.1) is 0 Å². The standard InChI is InChI=1S/C15H20N2O3/c16-11-4-5-12-10(8-11)2-1-3-13(12)17-15(18)14-9-19-6-7-20-14/h4-5,8,13-14H,1-3,6-7,9,16H2,(H,17,18). The topological polar surface area (TPSA) is 73.6 Å². The maximum atomic E-state index is 12.2. The van der Waals surface area contributed by atoms with Crippen molar-refractivity contribution in [2.45, 2.75) is 31.4 Å². The van der Waals surface area contributed by atoms with Crippen LogP contribution in [0.25, 0.3) is 0 Å². The first-order valence-electron chi connectivity index (χ1n) is 7.12. The molecule has 2 unspecified atom stereocenters. The predicted molar refractivity (Wildman–Crippen MR) is 75.2 cm³/mol. The molecule has 3 N–H and O–H groups in total. The van der Waals surface area contributed by atoms with E-state index in [-0.39, 0.29) is 11.9 Å². The van der Waals surface area contributed by atoms with Crippen LogP contribution in [0, 0.1) is 0 Å². The summed E-state index contributed by atoms with van der Waals surface area (Å²) in [6, 6.07) is 5.97. The molecule has 1 saturated heterocycles. The van der Waals surface area contributed by atoms with Gasteiger partial charge < -0.3 is 20.5 Å². The summed E-state index contributed by atoms with van der Waals surface area (Å²) >= 11 is 0. The van der Waals surface area contributed by atoms with E-state index in [4.69, 9.17) is 15.2 Å². The lowest BCUT2D eigenvalue weighted by Crippen LogP contribution is -2.44. The zero-order chi connectivity index (χ0) is 13.9. The third kappa shape index (κ3) is 2.78. The van der Waals surface area contributed by atoms with E-state index < -0.39 is 6.10 Å². The van der Waals surface area contributed by atoms with Crippen molar-refractivity contribution in [3.8, 4) is 0 Å². The van der Waals surface area contributed by atoms with E-state index in [9.17, 15) is 4.79 Å². The summed E-state index contributed by atoms with van der Waals surface area (Å²) in [5.41, 5.74) is 9.01. The van der Waals surface area contributed by atoms with E-state index in [1.54, 1.807) is 0 Å². The van der Waals surface area contributed by atoms with Crippen LogP contribution in [0.5, 0.6) is 0 Å². The van der Waals surface area contributed by atoms with Gasteiger partial charge in [0.25, 0.3) is 5.91 Å². The van der Waals surface area contributed by atoms with E-state index in [1.807, 2.05) is 18.2 Å². The van der Waals surface area contributed by atoms with Crippen LogP contribution in [0.15, 0.2) is 18.2 Å². The van der Waals surface area contributed by atoms with E-state index in [1.165, 1.54) is 11.1 Å². The monoisotopic (exact) mass is 276 g/mol. The Morgan fingerprint density at radius 3 is 3.05 bits per heavy atom. The van der Waals surface area contributed by atoms with Gasteiger partial charge in [-0.2, -0.15) is 0 Å². The lowest BCUT2D eigenvalue weighted by atomic mass is 9.87. The molecule has 0 saturated carbocycles. The molecule has 1 aromatic carbocycles. The number of nitrogen functional groups attached to an aromatic ring is 1. The van der Waals surface area contributed by atoms with Gasteiger partial charge in [-0.3, -0.25) is 4.79 Å². The number of carbonyl (C=O) groups excluding carboxylic acids is 1. The van der Waals surface area contributed by atoms with Crippen LogP contribution in [0.3, 0.4) is 0 Å². The molecule has 5 heteroatoms. The Kier molecular flexibility index (Phi) is 3.89.